The number of methoxy groups -OCH3 is 2. The first-order chi connectivity index (χ1) is 14.9. The van der Waals surface area contributed by atoms with E-state index in [-0.39, 0.29) is 28.7 Å². The van der Waals surface area contributed by atoms with E-state index in [1.165, 1.54) is 25.2 Å². The molecule has 158 valence electrons. The third kappa shape index (κ3) is 3.46. The van der Waals surface area contributed by atoms with E-state index in [2.05, 4.69) is 5.32 Å². The van der Waals surface area contributed by atoms with Crippen LogP contribution in [0.15, 0.2) is 60.7 Å². The molecule has 3 aromatic carbocycles. The number of carbonyl (C=O) groups excluding carboxylic acids is 1. The Morgan fingerprint density at radius 3 is 2.42 bits per heavy atom. The molecule has 3 aromatic rings. The maximum atomic E-state index is 13.5. The van der Waals surface area contributed by atoms with E-state index >= 15 is 0 Å². The Balaban J connectivity index is 1.93. The summed E-state index contributed by atoms with van der Waals surface area (Å²) in [6.45, 7) is 0. The van der Waals surface area contributed by atoms with Crippen molar-refractivity contribution in [2.45, 2.75) is 6.17 Å². The molecule has 1 amide bonds. The van der Waals surface area contributed by atoms with E-state index in [9.17, 15) is 20.0 Å². The highest BCUT2D eigenvalue weighted by Crippen LogP contribution is 2.43. The van der Waals surface area contributed by atoms with Gasteiger partial charge in [-0.2, -0.15) is 0 Å². The van der Waals surface area contributed by atoms with E-state index in [0.29, 0.717) is 22.7 Å². The molecule has 1 heterocycles. The zero-order valence-corrected chi connectivity index (χ0v) is 16.7. The monoisotopic (exact) mass is 421 g/mol. The van der Waals surface area contributed by atoms with Gasteiger partial charge in [0.25, 0.3) is 11.6 Å². The molecule has 0 saturated heterocycles. The number of carbonyl (C=O) groups is 1. The van der Waals surface area contributed by atoms with Crippen LogP contribution in [0.4, 0.5) is 17.1 Å². The minimum Gasteiger partial charge on any atom is -0.504 e. The van der Waals surface area contributed by atoms with Crippen molar-refractivity contribution in [2.24, 2.45) is 0 Å². The van der Waals surface area contributed by atoms with Gasteiger partial charge < -0.3 is 19.9 Å². The van der Waals surface area contributed by atoms with Crippen LogP contribution in [0.2, 0.25) is 0 Å². The number of fused-ring (bicyclic) bond motifs is 1. The number of phenolic OH excluding ortho intramolecular Hbond substituents is 1. The van der Waals surface area contributed by atoms with Gasteiger partial charge in [0.15, 0.2) is 11.5 Å². The number of benzene rings is 3. The highest BCUT2D eigenvalue weighted by atomic mass is 16.6. The Labute approximate surface area is 177 Å². The zero-order valence-electron chi connectivity index (χ0n) is 16.7. The van der Waals surface area contributed by atoms with Crippen LogP contribution in [0.5, 0.6) is 17.2 Å². The van der Waals surface area contributed by atoms with E-state index in [0.717, 1.165) is 6.07 Å². The van der Waals surface area contributed by atoms with E-state index in [1.807, 2.05) is 0 Å². The van der Waals surface area contributed by atoms with Crippen molar-refractivity contribution in [3.8, 4) is 17.2 Å². The molecule has 31 heavy (non-hydrogen) atoms. The van der Waals surface area contributed by atoms with Crippen molar-refractivity contribution in [1.29, 1.82) is 0 Å². The summed E-state index contributed by atoms with van der Waals surface area (Å²) < 4.78 is 10.4. The molecule has 0 radical (unpaired) electrons. The third-order valence-electron chi connectivity index (χ3n) is 5.10. The lowest BCUT2D eigenvalue weighted by molar-refractivity contribution is -0.385. The maximum Gasteiger partial charge on any atom is 0.280 e. The molecule has 0 fully saturated rings. The van der Waals surface area contributed by atoms with Gasteiger partial charge in [-0.1, -0.05) is 12.1 Å². The molecule has 1 aliphatic heterocycles. The third-order valence-corrected chi connectivity index (χ3v) is 5.10. The fourth-order valence-electron chi connectivity index (χ4n) is 3.59. The number of rotatable bonds is 5. The quantitative estimate of drug-likeness (QED) is 0.471. The standard InChI is InChI=1S/C22H19N3O6/c1-30-14-9-7-13(8-10-14)24-21(23-17-6-4-3-5-15(17)22(24)27)16-11-20(31-2)19(26)12-18(16)25(28)29/h3-12,21,23,26H,1-2H3. The molecule has 4 rings (SSSR count). The van der Waals surface area contributed by atoms with E-state index in [4.69, 9.17) is 9.47 Å². The number of nitro groups is 1. The Hall–Kier alpha value is -4.27. The van der Waals surface area contributed by atoms with Crippen molar-refractivity contribution < 1.29 is 24.3 Å². The summed E-state index contributed by atoms with van der Waals surface area (Å²) in [6, 6.07) is 16.1. The van der Waals surface area contributed by atoms with E-state index in [1.54, 1.807) is 48.5 Å². The highest BCUT2D eigenvalue weighted by Gasteiger charge is 2.38. The lowest BCUT2D eigenvalue weighted by Crippen LogP contribution is -2.43. The van der Waals surface area contributed by atoms with Crippen LogP contribution in [0.3, 0.4) is 0 Å². The molecule has 0 aromatic heterocycles. The molecular formula is C22H19N3O6. The number of hydrogen-bond acceptors (Lipinski definition) is 7. The summed E-state index contributed by atoms with van der Waals surface area (Å²) in [5.74, 6) is -0.0267. The summed E-state index contributed by atoms with van der Waals surface area (Å²) in [6.07, 6.45) is -0.925. The molecule has 1 aliphatic rings. The SMILES string of the molecule is COc1ccc(N2C(=O)c3ccccc3NC2c2cc(OC)c(O)cc2[N+](=O)[O-])cc1. The maximum absolute atomic E-state index is 13.5. The smallest absolute Gasteiger partial charge is 0.280 e. The Bertz CT molecular complexity index is 1160. The number of nitrogens with zero attached hydrogens (tertiary/aromatic N) is 2. The Morgan fingerprint density at radius 1 is 1.06 bits per heavy atom. The number of ether oxygens (including phenoxy) is 2. The second-order valence-corrected chi connectivity index (χ2v) is 6.81. The van der Waals surface area contributed by atoms with Crippen LogP contribution in [0, 0.1) is 10.1 Å². The largest absolute Gasteiger partial charge is 0.504 e. The topological polar surface area (TPSA) is 114 Å². The van der Waals surface area contributed by atoms with Gasteiger partial charge in [0, 0.05) is 11.4 Å². The second-order valence-electron chi connectivity index (χ2n) is 6.81. The molecule has 9 nitrogen and oxygen atoms in total. The lowest BCUT2D eigenvalue weighted by atomic mass is 10.0. The fourth-order valence-corrected chi connectivity index (χ4v) is 3.59. The molecule has 0 aliphatic carbocycles. The van der Waals surface area contributed by atoms with Gasteiger partial charge >= 0.3 is 0 Å². The van der Waals surface area contributed by atoms with Crippen molar-refractivity contribution >= 4 is 23.0 Å². The van der Waals surface area contributed by atoms with Crippen LogP contribution in [-0.4, -0.2) is 30.2 Å². The van der Waals surface area contributed by atoms with Gasteiger partial charge in [0.2, 0.25) is 0 Å². The second kappa shape index (κ2) is 7.86. The van der Waals surface area contributed by atoms with Crippen molar-refractivity contribution in [3.63, 3.8) is 0 Å². The van der Waals surface area contributed by atoms with Gasteiger partial charge in [-0.3, -0.25) is 19.8 Å². The predicted octanol–water partition coefficient (Wildman–Crippen LogP) is 4.09. The molecule has 0 spiro atoms. The molecule has 0 saturated carbocycles. The first kappa shape index (κ1) is 20.0. The van der Waals surface area contributed by atoms with Gasteiger partial charge in [0.1, 0.15) is 11.9 Å². The van der Waals surface area contributed by atoms with E-state index < -0.39 is 11.1 Å². The van der Waals surface area contributed by atoms with Crippen LogP contribution >= 0.6 is 0 Å². The van der Waals surface area contributed by atoms with Crippen LogP contribution in [0.1, 0.15) is 22.1 Å². The number of phenols is 1. The normalized spacial score (nSPS) is 15.1. The average Bonchev–Trinajstić information content (AvgIpc) is 2.79. The highest BCUT2D eigenvalue weighted by molar-refractivity contribution is 6.12. The Morgan fingerprint density at radius 2 is 1.77 bits per heavy atom. The number of hydrogen-bond donors (Lipinski definition) is 2. The summed E-state index contributed by atoms with van der Waals surface area (Å²) in [4.78, 5) is 26.1. The zero-order chi connectivity index (χ0) is 22.1. The minimum atomic E-state index is -0.925. The van der Waals surface area contributed by atoms with Crippen LogP contribution in [-0.2, 0) is 0 Å². The first-order valence-corrected chi connectivity index (χ1v) is 9.33. The Kier molecular flexibility index (Phi) is 5.08. The molecular weight excluding hydrogens is 402 g/mol. The number of nitrogens with one attached hydrogen (secondary N) is 1. The van der Waals surface area contributed by atoms with Gasteiger partial charge in [0.05, 0.1) is 36.3 Å². The van der Waals surface area contributed by atoms with Gasteiger partial charge in [-0.05, 0) is 42.5 Å². The average molecular weight is 421 g/mol. The number of amides is 1. The molecule has 0 bridgehead atoms. The predicted molar refractivity (Wildman–Crippen MR) is 114 cm³/mol. The number of nitro benzene ring substituents is 1. The summed E-state index contributed by atoms with van der Waals surface area (Å²) in [7, 11) is 2.88. The van der Waals surface area contributed by atoms with Crippen LogP contribution < -0.4 is 19.7 Å². The minimum absolute atomic E-state index is 0.0587. The van der Waals surface area contributed by atoms with Crippen molar-refractivity contribution in [1.82, 2.24) is 0 Å². The van der Waals surface area contributed by atoms with Crippen molar-refractivity contribution in [3.05, 3.63) is 81.9 Å². The van der Waals surface area contributed by atoms with Gasteiger partial charge in [-0.25, -0.2) is 0 Å². The lowest BCUT2D eigenvalue weighted by Gasteiger charge is -2.38. The molecule has 2 N–H and O–H groups in total. The first-order valence-electron chi connectivity index (χ1n) is 9.33. The summed E-state index contributed by atoms with van der Waals surface area (Å²) >= 11 is 0. The molecule has 9 heteroatoms. The summed E-state index contributed by atoms with van der Waals surface area (Å²) in [5.41, 5.74) is 1.31. The van der Waals surface area contributed by atoms with Crippen molar-refractivity contribution in [2.75, 3.05) is 24.4 Å². The summed E-state index contributed by atoms with van der Waals surface area (Å²) in [5, 5.41) is 25.1. The number of anilines is 2. The number of para-hydroxylation sites is 1. The van der Waals surface area contributed by atoms with Crippen LogP contribution in [0.25, 0.3) is 0 Å². The molecule has 1 unspecified atom stereocenters. The molecule has 1 atom stereocenters. The fraction of sp³-hybridized carbons (Fsp3) is 0.136. The number of aromatic hydroxyl groups is 1. The van der Waals surface area contributed by atoms with Gasteiger partial charge in [-0.15, -0.1) is 0 Å².